The molecule has 166 valence electrons. The van der Waals surface area contributed by atoms with E-state index in [9.17, 15) is 9.59 Å². The molecule has 0 bridgehead atoms. The second kappa shape index (κ2) is 7.97. The van der Waals surface area contributed by atoms with Crippen molar-refractivity contribution in [1.82, 2.24) is 14.0 Å². The van der Waals surface area contributed by atoms with Crippen molar-refractivity contribution in [3.63, 3.8) is 0 Å². The first kappa shape index (κ1) is 21.6. The minimum absolute atomic E-state index is 0.299. The number of hydrogen-bond donors (Lipinski definition) is 0. The number of fused-ring (bicyclic) bond motifs is 2. The number of benzene rings is 2. The molecule has 0 spiro atoms. The lowest BCUT2D eigenvalue weighted by atomic mass is 10.1. The number of thiazole rings is 1. The second-order valence-corrected chi connectivity index (χ2v) is 9.73. The van der Waals surface area contributed by atoms with Crippen LogP contribution in [0.15, 0.2) is 52.1 Å². The van der Waals surface area contributed by atoms with Crippen LogP contribution >= 0.6 is 22.9 Å². The van der Waals surface area contributed by atoms with Crippen LogP contribution in [0.25, 0.3) is 21.9 Å². The van der Waals surface area contributed by atoms with Crippen molar-refractivity contribution < 1.29 is 0 Å². The highest BCUT2D eigenvalue weighted by Crippen LogP contribution is 2.31. The maximum Gasteiger partial charge on any atom is 0.277 e. The second-order valence-electron chi connectivity index (χ2n) is 8.31. The zero-order chi connectivity index (χ0) is 23.4. The highest BCUT2D eigenvalue weighted by Gasteiger charge is 2.17. The summed E-state index contributed by atoms with van der Waals surface area (Å²) in [6.45, 7) is 8.25. The van der Waals surface area contributed by atoms with E-state index in [1.165, 1.54) is 15.7 Å². The van der Waals surface area contributed by atoms with Crippen molar-refractivity contribution in [2.75, 3.05) is 0 Å². The highest BCUT2D eigenvalue weighted by molar-refractivity contribution is 7.15. The number of aryl methyl sites for hydroxylation is 2. The predicted octanol–water partition coefficient (Wildman–Crippen LogP) is 4.55. The summed E-state index contributed by atoms with van der Waals surface area (Å²) in [6, 6.07) is 14.0. The summed E-state index contributed by atoms with van der Waals surface area (Å²) < 4.78 is 3.92. The molecular formula is C26H22ClN3O2S. The molecule has 0 N–H and O–H groups in total. The summed E-state index contributed by atoms with van der Waals surface area (Å²) in [6.07, 6.45) is 1.89. The molecule has 5 aromatic rings. The van der Waals surface area contributed by atoms with Gasteiger partial charge in [-0.15, -0.1) is 0 Å². The van der Waals surface area contributed by atoms with E-state index in [1.807, 2.05) is 36.4 Å². The SMILES string of the molecule is Cc1nc2s/c(=C\c3c(C)n(Cc4ccccc4Cl)c4c(C)cccc34)c(=O)n2c(=O)c1C. The summed E-state index contributed by atoms with van der Waals surface area (Å²) in [5, 5.41) is 1.78. The van der Waals surface area contributed by atoms with Crippen molar-refractivity contribution in [3.8, 4) is 0 Å². The van der Waals surface area contributed by atoms with Gasteiger partial charge in [-0.25, -0.2) is 9.38 Å². The Balaban J connectivity index is 1.80. The average molecular weight is 476 g/mol. The molecule has 0 amide bonds. The third-order valence-electron chi connectivity index (χ3n) is 6.29. The van der Waals surface area contributed by atoms with Gasteiger partial charge < -0.3 is 4.57 Å². The predicted molar refractivity (Wildman–Crippen MR) is 136 cm³/mol. The Kier molecular flexibility index (Phi) is 5.22. The molecule has 5 rings (SSSR count). The lowest BCUT2D eigenvalue weighted by Gasteiger charge is -2.11. The van der Waals surface area contributed by atoms with Gasteiger partial charge in [0, 0.05) is 39.5 Å². The van der Waals surface area contributed by atoms with E-state index in [4.69, 9.17) is 11.6 Å². The van der Waals surface area contributed by atoms with E-state index in [0.29, 0.717) is 27.3 Å². The van der Waals surface area contributed by atoms with E-state index in [-0.39, 0.29) is 11.1 Å². The maximum absolute atomic E-state index is 13.2. The van der Waals surface area contributed by atoms with Crippen LogP contribution in [0.4, 0.5) is 0 Å². The molecule has 2 aromatic carbocycles. The molecule has 0 aliphatic carbocycles. The smallest absolute Gasteiger partial charge is 0.277 e. The number of hydrogen-bond acceptors (Lipinski definition) is 4. The Bertz CT molecular complexity index is 1740. The van der Waals surface area contributed by atoms with Crippen LogP contribution in [0.5, 0.6) is 0 Å². The zero-order valence-corrected chi connectivity index (χ0v) is 20.3. The van der Waals surface area contributed by atoms with Gasteiger partial charge in [-0.1, -0.05) is 59.3 Å². The van der Waals surface area contributed by atoms with E-state index < -0.39 is 0 Å². The lowest BCUT2D eigenvalue weighted by Crippen LogP contribution is -2.32. The molecule has 0 fully saturated rings. The van der Waals surface area contributed by atoms with Gasteiger partial charge in [0.25, 0.3) is 11.1 Å². The Morgan fingerprint density at radius 3 is 2.52 bits per heavy atom. The quantitative estimate of drug-likeness (QED) is 0.384. The van der Waals surface area contributed by atoms with Crippen molar-refractivity contribution in [3.05, 3.63) is 106 Å². The minimum Gasteiger partial charge on any atom is -0.340 e. The summed E-state index contributed by atoms with van der Waals surface area (Å²) in [4.78, 5) is 30.7. The first-order valence-corrected chi connectivity index (χ1v) is 11.8. The van der Waals surface area contributed by atoms with Gasteiger partial charge in [0.05, 0.1) is 10.0 Å². The van der Waals surface area contributed by atoms with Gasteiger partial charge in [0.1, 0.15) is 0 Å². The number of para-hydroxylation sites is 1. The third kappa shape index (κ3) is 3.41. The van der Waals surface area contributed by atoms with Crippen LogP contribution in [-0.2, 0) is 6.54 Å². The Hall–Kier alpha value is -3.22. The Morgan fingerprint density at radius 1 is 1.00 bits per heavy atom. The Labute approximate surface area is 199 Å². The molecule has 7 heteroatoms. The largest absolute Gasteiger partial charge is 0.340 e. The normalized spacial score (nSPS) is 12.3. The van der Waals surface area contributed by atoms with Crippen LogP contribution in [0, 0.1) is 27.7 Å². The summed E-state index contributed by atoms with van der Waals surface area (Å²) in [7, 11) is 0. The van der Waals surface area contributed by atoms with E-state index in [1.54, 1.807) is 13.8 Å². The maximum atomic E-state index is 13.2. The molecule has 0 aliphatic rings. The van der Waals surface area contributed by atoms with Gasteiger partial charge in [-0.2, -0.15) is 0 Å². The van der Waals surface area contributed by atoms with E-state index in [2.05, 4.69) is 35.5 Å². The standard InChI is InChI=1S/C26H22ClN3O2S/c1-14-8-7-10-19-20(17(4)29(23(14)19)13-18-9-5-6-11-21(18)27)12-22-25(32)30-24(31)15(2)16(3)28-26(30)33-22/h5-12H,13H2,1-4H3/b22-12-. The Morgan fingerprint density at radius 2 is 1.76 bits per heavy atom. The molecule has 0 saturated carbocycles. The highest BCUT2D eigenvalue weighted by atomic mass is 35.5. The first-order chi connectivity index (χ1) is 15.8. The topological polar surface area (TPSA) is 56.4 Å². The van der Waals surface area contributed by atoms with Crippen molar-refractivity contribution in [2.45, 2.75) is 34.2 Å². The van der Waals surface area contributed by atoms with Crippen molar-refractivity contribution >= 4 is 44.9 Å². The molecule has 0 radical (unpaired) electrons. The lowest BCUT2D eigenvalue weighted by molar-refractivity contribution is 0.802. The summed E-state index contributed by atoms with van der Waals surface area (Å²) in [5.41, 5.74) is 5.80. The monoisotopic (exact) mass is 475 g/mol. The molecule has 3 aromatic heterocycles. The fraction of sp³-hybridized carbons (Fsp3) is 0.192. The van der Waals surface area contributed by atoms with Crippen molar-refractivity contribution in [1.29, 1.82) is 0 Å². The number of nitrogens with zero attached hydrogens (tertiary/aromatic N) is 3. The number of aromatic nitrogens is 3. The van der Waals surface area contributed by atoms with Crippen LogP contribution in [0.2, 0.25) is 5.02 Å². The average Bonchev–Trinajstić information content (AvgIpc) is 3.23. The van der Waals surface area contributed by atoms with Crippen LogP contribution in [0.1, 0.15) is 33.6 Å². The third-order valence-corrected chi connectivity index (χ3v) is 7.63. The molecular weight excluding hydrogens is 454 g/mol. The van der Waals surface area contributed by atoms with Gasteiger partial charge in [0.2, 0.25) is 4.96 Å². The van der Waals surface area contributed by atoms with Crippen LogP contribution in [0.3, 0.4) is 0 Å². The van der Waals surface area contributed by atoms with Crippen LogP contribution in [-0.4, -0.2) is 14.0 Å². The van der Waals surface area contributed by atoms with Gasteiger partial charge in [-0.3, -0.25) is 9.59 Å². The fourth-order valence-electron chi connectivity index (χ4n) is 4.33. The first-order valence-electron chi connectivity index (χ1n) is 10.6. The van der Waals surface area contributed by atoms with Gasteiger partial charge in [0.15, 0.2) is 0 Å². The van der Waals surface area contributed by atoms with E-state index in [0.717, 1.165) is 38.3 Å². The molecule has 0 atom stereocenters. The summed E-state index contributed by atoms with van der Waals surface area (Å²) in [5.74, 6) is 0. The molecule has 0 unspecified atom stereocenters. The molecule has 0 aliphatic heterocycles. The zero-order valence-electron chi connectivity index (χ0n) is 18.8. The minimum atomic E-state index is -0.324. The van der Waals surface area contributed by atoms with Gasteiger partial charge >= 0.3 is 0 Å². The van der Waals surface area contributed by atoms with Gasteiger partial charge in [-0.05, 0) is 51.0 Å². The van der Waals surface area contributed by atoms with E-state index >= 15 is 0 Å². The number of halogens is 1. The van der Waals surface area contributed by atoms with Crippen molar-refractivity contribution in [2.24, 2.45) is 0 Å². The molecule has 33 heavy (non-hydrogen) atoms. The fourth-order valence-corrected chi connectivity index (χ4v) is 5.52. The molecule has 0 saturated heterocycles. The molecule has 5 nitrogen and oxygen atoms in total. The number of rotatable bonds is 3. The molecule has 3 heterocycles. The summed E-state index contributed by atoms with van der Waals surface area (Å²) >= 11 is 7.71. The van der Waals surface area contributed by atoms with Crippen LogP contribution < -0.4 is 15.7 Å².